The smallest absolute Gasteiger partial charge is 0.213 e. The first kappa shape index (κ1) is 12.0. The molecule has 15 heavy (non-hydrogen) atoms. The van der Waals surface area contributed by atoms with Crippen molar-refractivity contribution in [1.29, 1.82) is 0 Å². The van der Waals surface area contributed by atoms with Crippen LogP contribution >= 0.6 is 0 Å². The molecular formula is C12H20N2O. The van der Waals surface area contributed by atoms with Crippen molar-refractivity contribution in [3.8, 4) is 5.88 Å². The number of aromatic nitrogens is 1. The third-order valence-electron chi connectivity index (χ3n) is 2.28. The van der Waals surface area contributed by atoms with Gasteiger partial charge in [-0.15, -0.1) is 0 Å². The monoisotopic (exact) mass is 208 g/mol. The number of nitrogens with zero attached hydrogens (tertiary/aromatic N) is 1. The average molecular weight is 208 g/mol. The third kappa shape index (κ3) is 4.30. The molecule has 1 rings (SSSR count). The molecular weight excluding hydrogens is 188 g/mol. The molecule has 1 aromatic rings. The van der Waals surface area contributed by atoms with Crippen LogP contribution in [0.3, 0.4) is 0 Å². The molecule has 0 aliphatic heterocycles. The molecule has 3 nitrogen and oxygen atoms in total. The molecule has 0 spiro atoms. The maximum absolute atomic E-state index is 5.78. The standard InChI is InChI=1S/C12H20N2O/c1-3-4-5-8-15-12-9-11(10(2)13)6-7-14-12/h6-7,9-10H,3-5,8,13H2,1-2H3. The maximum atomic E-state index is 5.78. The van der Waals surface area contributed by atoms with E-state index in [2.05, 4.69) is 11.9 Å². The Morgan fingerprint density at radius 1 is 1.47 bits per heavy atom. The number of rotatable bonds is 6. The summed E-state index contributed by atoms with van der Waals surface area (Å²) in [5.74, 6) is 0.681. The van der Waals surface area contributed by atoms with E-state index in [1.54, 1.807) is 6.20 Å². The topological polar surface area (TPSA) is 48.1 Å². The van der Waals surface area contributed by atoms with Gasteiger partial charge in [0.1, 0.15) is 0 Å². The van der Waals surface area contributed by atoms with Crippen LogP contribution in [0, 0.1) is 0 Å². The zero-order chi connectivity index (χ0) is 11.1. The van der Waals surface area contributed by atoms with E-state index in [0.29, 0.717) is 5.88 Å². The quantitative estimate of drug-likeness (QED) is 0.731. The zero-order valence-corrected chi connectivity index (χ0v) is 9.57. The predicted molar refractivity (Wildman–Crippen MR) is 61.9 cm³/mol. The first-order valence-electron chi connectivity index (χ1n) is 5.58. The lowest BCUT2D eigenvalue weighted by atomic mass is 10.1. The van der Waals surface area contributed by atoms with Crippen LogP contribution in [0.25, 0.3) is 0 Å². The van der Waals surface area contributed by atoms with Gasteiger partial charge in [-0.05, 0) is 25.0 Å². The van der Waals surface area contributed by atoms with E-state index in [9.17, 15) is 0 Å². The molecule has 0 aromatic carbocycles. The van der Waals surface area contributed by atoms with Gasteiger partial charge in [0.25, 0.3) is 0 Å². The Hall–Kier alpha value is -1.09. The number of nitrogens with two attached hydrogens (primary N) is 1. The highest BCUT2D eigenvalue weighted by Gasteiger charge is 2.01. The number of unbranched alkanes of at least 4 members (excludes halogenated alkanes) is 2. The summed E-state index contributed by atoms with van der Waals surface area (Å²) in [4.78, 5) is 4.14. The van der Waals surface area contributed by atoms with Crippen LogP contribution in [0.4, 0.5) is 0 Å². The Bertz CT molecular complexity index is 287. The van der Waals surface area contributed by atoms with Gasteiger partial charge >= 0.3 is 0 Å². The number of pyridine rings is 1. The summed E-state index contributed by atoms with van der Waals surface area (Å²) in [5.41, 5.74) is 6.84. The van der Waals surface area contributed by atoms with E-state index in [1.165, 1.54) is 12.8 Å². The fourth-order valence-electron chi connectivity index (χ4n) is 1.32. The molecule has 0 amide bonds. The third-order valence-corrected chi connectivity index (χ3v) is 2.28. The average Bonchev–Trinajstić information content (AvgIpc) is 2.25. The van der Waals surface area contributed by atoms with Gasteiger partial charge in [-0.3, -0.25) is 0 Å². The molecule has 1 atom stereocenters. The molecule has 1 heterocycles. The first-order chi connectivity index (χ1) is 7.24. The minimum Gasteiger partial charge on any atom is -0.478 e. The van der Waals surface area contributed by atoms with Gasteiger partial charge in [0, 0.05) is 18.3 Å². The van der Waals surface area contributed by atoms with E-state index < -0.39 is 0 Å². The SMILES string of the molecule is CCCCCOc1cc(C(C)N)ccn1. The zero-order valence-electron chi connectivity index (χ0n) is 9.57. The first-order valence-corrected chi connectivity index (χ1v) is 5.58. The van der Waals surface area contributed by atoms with Crippen molar-refractivity contribution >= 4 is 0 Å². The van der Waals surface area contributed by atoms with E-state index in [4.69, 9.17) is 10.5 Å². The Labute approximate surface area is 91.7 Å². The van der Waals surface area contributed by atoms with Crippen molar-refractivity contribution in [3.63, 3.8) is 0 Å². The van der Waals surface area contributed by atoms with E-state index in [0.717, 1.165) is 18.6 Å². The summed E-state index contributed by atoms with van der Waals surface area (Å²) in [5, 5.41) is 0. The molecule has 0 aliphatic rings. The number of hydrogen-bond acceptors (Lipinski definition) is 3. The predicted octanol–water partition coefficient (Wildman–Crippen LogP) is 2.67. The van der Waals surface area contributed by atoms with Crippen LogP contribution in [-0.2, 0) is 0 Å². The fourth-order valence-corrected chi connectivity index (χ4v) is 1.32. The molecule has 2 N–H and O–H groups in total. The lowest BCUT2D eigenvalue weighted by molar-refractivity contribution is 0.294. The largest absolute Gasteiger partial charge is 0.478 e. The molecule has 84 valence electrons. The van der Waals surface area contributed by atoms with Crippen LogP contribution in [0.15, 0.2) is 18.3 Å². The Balaban J connectivity index is 2.43. The lowest BCUT2D eigenvalue weighted by Crippen LogP contribution is -2.06. The molecule has 0 fully saturated rings. The van der Waals surface area contributed by atoms with Crippen LogP contribution < -0.4 is 10.5 Å². The van der Waals surface area contributed by atoms with Crippen molar-refractivity contribution in [2.45, 2.75) is 39.2 Å². The van der Waals surface area contributed by atoms with Crippen molar-refractivity contribution in [1.82, 2.24) is 4.98 Å². The highest BCUT2D eigenvalue weighted by molar-refractivity contribution is 5.22. The lowest BCUT2D eigenvalue weighted by Gasteiger charge is -2.08. The summed E-state index contributed by atoms with van der Waals surface area (Å²) in [6, 6.07) is 3.87. The fraction of sp³-hybridized carbons (Fsp3) is 0.583. The highest BCUT2D eigenvalue weighted by Crippen LogP contribution is 2.14. The summed E-state index contributed by atoms with van der Waals surface area (Å²) in [6.45, 7) is 4.87. The number of hydrogen-bond donors (Lipinski definition) is 1. The summed E-state index contributed by atoms with van der Waals surface area (Å²) in [6.07, 6.45) is 5.23. The van der Waals surface area contributed by atoms with Gasteiger partial charge in [0.05, 0.1) is 6.61 Å². The second-order valence-corrected chi connectivity index (χ2v) is 3.77. The van der Waals surface area contributed by atoms with Crippen molar-refractivity contribution in [3.05, 3.63) is 23.9 Å². The van der Waals surface area contributed by atoms with Gasteiger partial charge in [-0.2, -0.15) is 0 Å². The van der Waals surface area contributed by atoms with Gasteiger partial charge in [0.15, 0.2) is 0 Å². The molecule has 1 aromatic heterocycles. The van der Waals surface area contributed by atoms with Gasteiger partial charge in [-0.25, -0.2) is 4.98 Å². The second kappa shape index (κ2) is 6.40. The van der Waals surface area contributed by atoms with E-state index in [-0.39, 0.29) is 6.04 Å². The molecule has 0 bridgehead atoms. The molecule has 0 saturated carbocycles. The summed E-state index contributed by atoms with van der Waals surface area (Å²) >= 11 is 0. The Morgan fingerprint density at radius 2 is 2.27 bits per heavy atom. The highest BCUT2D eigenvalue weighted by atomic mass is 16.5. The van der Waals surface area contributed by atoms with Gasteiger partial charge in [-0.1, -0.05) is 19.8 Å². The Kier molecular flexibility index (Phi) is 5.12. The molecule has 0 radical (unpaired) electrons. The molecule has 0 saturated heterocycles. The summed E-state index contributed by atoms with van der Waals surface area (Å²) in [7, 11) is 0. The second-order valence-electron chi connectivity index (χ2n) is 3.77. The van der Waals surface area contributed by atoms with Crippen molar-refractivity contribution < 1.29 is 4.74 Å². The molecule has 0 aliphatic carbocycles. The van der Waals surface area contributed by atoms with E-state index >= 15 is 0 Å². The molecule has 3 heteroatoms. The minimum atomic E-state index is 0.0333. The van der Waals surface area contributed by atoms with Crippen LogP contribution in [0.2, 0.25) is 0 Å². The summed E-state index contributed by atoms with van der Waals surface area (Å²) < 4.78 is 5.53. The van der Waals surface area contributed by atoms with Crippen molar-refractivity contribution in [2.24, 2.45) is 5.73 Å². The van der Waals surface area contributed by atoms with Crippen LogP contribution in [-0.4, -0.2) is 11.6 Å². The van der Waals surface area contributed by atoms with Gasteiger partial charge in [0.2, 0.25) is 5.88 Å². The maximum Gasteiger partial charge on any atom is 0.213 e. The van der Waals surface area contributed by atoms with Gasteiger partial charge < -0.3 is 10.5 Å². The minimum absolute atomic E-state index is 0.0333. The van der Waals surface area contributed by atoms with Crippen LogP contribution in [0.1, 0.15) is 44.7 Å². The number of ether oxygens (including phenoxy) is 1. The van der Waals surface area contributed by atoms with Crippen molar-refractivity contribution in [2.75, 3.05) is 6.61 Å². The van der Waals surface area contributed by atoms with E-state index in [1.807, 2.05) is 19.1 Å². The van der Waals surface area contributed by atoms with Crippen LogP contribution in [0.5, 0.6) is 5.88 Å². The molecule has 1 unspecified atom stereocenters. The Morgan fingerprint density at radius 3 is 2.93 bits per heavy atom. The normalized spacial score (nSPS) is 12.5.